The van der Waals surface area contributed by atoms with Crippen molar-refractivity contribution in [1.82, 2.24) is 0 Å². The highest BCUT2D eigenvalue weighted by Crippen LogP contribution is 2.22. The van der Waals surface area contributed by atoms with Crippen molar-refractivity contribution in [3.63, 3.8) is 0 Å². The number of nitrogens with zero attached hydrogens (tertiary/aromatic N) is 1. The molecule has 0 radical (unpaired) electrons. The number of aromatic hydroxyl groups is 1. The average molecular weight is 173 g/mol. The summed E-state index contributed by atoms with van der Waals surface area (Å²) in [6, 6.07) is 7.33. The van der Waals surface area contributed by atoms with Gasteiger partial charge in [-0.2, -0.15) is 0 Å². The topological polar surface area (TPSA) is 32.6 Å². The quantitative estimate of drug-likeness (QED) is 0.694. The van der Waals surface area contributed by atoms with Crippen LogP contribution in [0.5, 0.6) is 5.75 Å². The van der Waals surface area contributed by atoms with Gasteiger partial charge in [0.1, 0.15) is 5.75 Å². The van der Waals surface area contributed by atoms with Gasteiger partial charge >= 0.3 is 0 Å². The highest BCUT2D eigenvalue weighted by molar-refractivity contribution is 5.81. The van der Waals surface area contributed by atoms with Gasteiger partial charge in [0, 0.05) is 12.6 Å². The van der Waals surface area contributed by atoms with Gasteiger partial charge in [-0.05, 0) is 23.3 Å². The number of hydrogen-bond donors (Lipinski definition) is 1. The first-order valence-electron chi connectivity index (χ1n) is 4.33. The van der Waals surface area contributed by atoms with Gasteiger partial charge in [0.25, 0.3) is 0 Å². The Morgan fingerprint density at radius 2 is 2.23 bits per heavy atom. The van der Waals surface area contributed by atoms with Crippen LogP contribution in [0.15, 0.2) is 35.3 Å². The summed E-state index contributed by atoms with van der Waals surface area (Å²) in [4.78, 5) is 4.11. The van der Waals surface area contributed by atoms with Gasteiger partial charge in [-0.15, -0.1) is 0 Å². The van der Waals surface area contributed by atoms with Crippen molar-refractivity contribution in [2.24, 2.45) is 4.99 Å². The molecule has 1 aliphatic rings. The van der Waals surface area contributed by atoms with Crippen LogP contribution in [0.1, 0.15) is 12.0 Å². The summed E-state index contributed by atoms with van der Waals surface area (Å²) in [6.45, 7) is 0.755. The predicted octanol–water partition coefficient (Wildman–Crippen LogP) is 2.25. The first kappa shape index (κ1) is 8.05. The van der Waals surface area contributed by atoms with Gasteiger partial charge in [0.2, 0.25) is 0 Å². The molecule has 0 aromatic heterocycles. The third kappa shape index (κ3) is 1.78. The largest absolute Gasteiger partial charge is 0.508 e. The second-order valence-corrected chi connectivity index (χ2v) is 3.03. The number of phenols is 1. The fourth-order valence-corrected chi connectivity index (χ4v) is 1.43. The van der Waals surface area contributed by atoms with Crippen LogP contribution in [-0.4, -0.2) is 17.9 Å². The number of rotatable bonds is 1. The van der Waals surface area contributed by atoms with Crippen molar-refractivity contribution in [3.8, 4) is 5.75 Å². The Labute approximate surface area is 77.3 Å². The molecule has 1 heterocycles. The second-order valence-electron chi connectivity index (χ2n) is 3.03. The summed E-state index contributed by atoms with van der Waals surface area (Å²) in [5.74, 6) is 0.320. The molecule has 0 aliphatic carbocycles. The molecule has 0 unspecified atom stereocenters. The minimum absolute atomic E-state index is 0.320. The summed E-state index contributed by atoms with van der Waals surface area (Å²) < 4.78 is 0. The number of phenolic OH excluding ortho intramolecular Hbond substituents is 1. The summed E-state index contributed by atoms with van der Waals surface area (Å²) in [5, 5.41) is 9.28. The van der Waals surface area contributed by atoms with Gasteiger partial charge in [-0.25, -0.2) is 0 Å². The molecule has 1 aliphatic heterocycles. The molecular weight excluding hydrogens is 162 g/mol. The van der Waals surface area contributed by atoms with E-state index in [1.165, 1.54) is 5.57 Å². The van der Waals surface area contributed by atoms with Crippen LogP contribution in [0.25, 0.3) is 5.57 Å². The zero-order valence-electron chi connectivity index (χ0n) is 7.27. The molecule has 2 rings (SSSR count). The van der Waals surface area contributed by atoms with E-state index in [1.807, 2.05) is 18.3 Å². The first-order chi connectivity index (χ1) is 6.36. The first-order valence-corrected chi connectivity index (χ1v) is 4.33. The molecule has 0 amide bonds. The standard InChI is InChI=1S/C11H11NO/c13-11-3-1-2-10(8-11)9-4-6-12-7-5-9/h1-4,7-8,13H,5-6H2. The van der Waals surface area contributed by atoms with E-state index in [4.69, 9.17) is 0 Å². The van der Waals surface area contributed by atoms with Gasteiger partial charge in [0.05, 0.1) is 6.54 Å². The minimum atomic E-state index is 0.320. The lowest BCUT2D eigenvalue weighted by atomic mass is 10.0. The monoisotopic (exact) mass is 173 g/mol. The molecule has 0 spiro atoms. The lowest BCUT2D eigenvalue weighted by molar-refractivity contribution is 0.475. The molecule has 2 nitrogen and oxygen atoms in total. The second kappa shape index (κ2) is 3.44. The van der Waals surface area contributed by atoms with E-state index in [-0.39, 0.29) is 0 Å². The van der Waals surface area contributed by atoms with E-state index in [0.29, 0.717) is 5.75 Å². The van der Waals surface area contributed by atoms with Crippen molar-refractivity contribution < 1.29 is 5.11 Å². The van der Waals surface area contributed by atoms with Crippen LogP contribution in [0, 0.1) is 0 Å². The van der Waals surface area contributed by atoms with E-state index < -0.39 is 0 Å². The Bertz CT molecular complexity index is 366. The molecule has 0 saturated heterocycles. The highest BCUT2D eigenvalue weighted by atomic mass is 16.3. The summed E-state index contributed by atoms with van der Waals surface area (Å²) in [7, 11) is 0. The van der Waals surface area contributed by atoms with E-state index in [1.54, 1.807) is 12.1 Å². The highest BCUT2D eigenvalue weighted by Gasteiger charge is 2.02. The van der Waals surface area contributed by atoms with Crippen LogP contribution in [-0.2, 0) is 0 Å². The van der Waals surface area contributed by atoms with E-state index in [9.17, 15) is 5.11 Å². The smallest absolute Gasteiger partial charge is 0.116 e. The molecule has 1 N–H and O–H groups in total. The molecule has 0 bridgehead atoms. The predicted molar refractivity (Wildman–Crippen MR) is 54.1 cm³/mol. The zero-order valence-corrected chi connectivity index (χ0v) is 7.27. The van der Waals surface area contributed by atoms with Gasteiger partial charge in [0.15, 0.2) is 0 Å². The molecule has 0 saturated carbocycles. The van der Waals surface area contributed by atoms with Gasteiger partial charge < -0.3 is 5.11 Å². The summed E-state index contributed by atoms with van der Waals surface area (Å²) in [5.41, 5.74) is 2.33. The molecule has 2 heteroatoms. The van der Waals surface area contributed by atoms with Crippen LogP contribution in [0.4, 0.5) is 0 Å². The normalized spacial score (nSPS) is 15.5. The molecule has 1 aromatic rings. The van der Waals surface area contributed by atoms with Gasteiger partial charge in [-0.3, -0.25) is 4.99 Å². The number of aliphatic imine (C=N–C) groups is 1. The SMILES string of the molecule is Oc1cccc(C2=CCN=CC2)c1. The van der Waals surface area contributed by atoms with Crippen LogP contribution in [0.2, 0.25) is 0 Å². The number of dihydropyridines is 1. The summed E-state index contributed by atoms with van der Waals surface area (Å²) in [6.07, 6.45) is 4.87. The molecule has 0 atom stereocenters. The van der Waals surface area contributed by atoms with Crippen molar-refractivity contribution in [2.75, 3.05) is 6.54 Å². The Kier molecular flexibility index (Phi) is 2.13. The Balaban J connectivity index is 2.30. The number of hydrogen-bond acceptors (Lipinski definition) is 2. The Hall–Kier alpha value is -1.57. The fourth-order valence-electron chi connectivity index (χ4n) is 1.43. The minimum Gasteiger partial charge on any atom is -0.508 e. The van der Waals surface area contributed by atoms with Crippen molar-refractivity contribution >= 4 is 11.8 Å². The van der Waals surface area contributed by atoms with Crippen LogP contribution >= 0.6 is 0 Å². The molecular formula is C11H11NO. The van der Waals surface area contributed by atoms with E-state index >= 15 is 0 Å². The van der Waals surface area contributed by atoms with Crippen molar-refractivity contribution in [1.29, 1.82) is 0 Å². The third-order valence-electron chi connectivity index (χ3n) is 2.10. The van der Waals surface area contributed by atoms with Gasteiger partial charge in [-0.1, -0.05) is 18.2 Å². The maximum absolute atomic E-state index is 9.28. The number of allylic oxidation sites excluding steroid dienone is 1. The number of benzene rings is 1. The Morgan fingerprint density at radius 3 is 2.92 bits per heavy atom. The average Bonchev–Trinajstić information content (AvgIpc) is 2.19. The summed E-state index contributed by atoms with van der Waals surface area (Å²) >= 11 is 0. The molecule has 0 fully saturated rings. The lowest BCUT2D eigenvalue weighted by Gasteiger charge is -2.08. The molecule has 66 valence electrons. The molecule has 13 heavy (non-hydrogen) atoms. The maximum Gasteiger partial charge on any atom is 0.116 e. The van der Waals surface area contributed by atoms with Crippen molar-refractivity contribution in [2.45, 2.75) is 6.42 Å². The third-order valence-corrected chi connectivity index (χ3v) is 2.10. The van der Waals surface area contributed by atoms with E-state index in [0.717, 1.165) is 18.5 Å². The zero-order chi connectivity index (χ0) is 9.10. The van der Waals surface area contributed by atoms with Crippen LogP contribution in [0.3, 0.4) is 0 Å². The van der Waals surface area contributed by atoms with E-state index in [2.05, 4.69) is 11.1 Å². The maximum atomic E-state index is 9.28. The molecule has 1 aromatic carbocycles. The van der Waals surface area contributed by atoms with Crippen molar-refractivity contribution in [3.05, 3.63) is 35.9 Å². The van der Waals surface area contributed by atoms with Crippen LogP contribution < -0.4 is 0 Å². The lowest BCUT2D eigenvalue weighted by Crippen LogP contribution is -1.93. The Morgan fingerprint density at radius 1 is 1.31 bits per heavy atom. The fraction of sp³-hybridized carbons (Fsp3) is 0.182.